The van der Waals surface area contributed by atoms with Crippen molar-refractivity contribution in [1.82, 2.24) is 0 Å². The zero-order valence-corrected chi connectivity index (χ0v) is 13.5. The van der Waals surface area contributed by atoms with Crippen LogP contribution in [0.5, 0.6) is 11.5 Å². The third kappa shape index (κ3) is 2.74. The van der Waals surface area contributed by atoms with Crippen LogP contribution in [0.3, 0.4) is 0 Å². The summed E-state index contributed by atoms with van der Waals surface area (Å²) in [6, 6.07) is 2.03. The van der Waals surface area contributed by atoms with Crippen molar-refractivity contribution in [2.75, 3.05) is 13.2 Å². The summed E-state index contributed by atoms with van der Waals surface area (Å²) in [4.78, 5) is 0. The van der Waals surface area contributed by atoms with Gasteiger partial charge in [0.1, 0.15) is 0 Å². The van der Waals surface area contributed by atoms with Gasteiger partial charge in [-0.2, -0.15) is 0 Å². The maximum Gasteiger partial charge on any atom is 0.180 e. The molecule has 3 nitrogen and oxygen atoms in total. The minimum Gasteiger partial charge on any atom is -0.489 e. The molecule has 1 saturated carbocycles. The summed E-state index contributed by atoms with van der Waals surface area (Å²) in [5.41, 5.74) is 8.82. The van der Waals surface area contributed by atoms with Gasteiger partial charge in [-0.3, -0.25) is 0 Å². The monoisotopic (exact) mass is 309 g/mol. The van der Waals surface area contributed by atoms with Crippen LogP contribution in [0.25, 0.3) is 0 Å². The maximum absolute atomic E-state index is 6.74. The van der Waals surface area contributed by atoms with Crippen LogP contribution in [0.4, 0.5) is 0 Å². The summed E-state index contributed by atoms with van der Waals surface area (Å²) < 4.78 is 11.8. The molecule has 1 aromatic carbocycles. The van der Waals surface area contributed by atoms with Gasteiger partial charge in [-0.15, -0.1) is 0 Å². The van der Waals surface area contributed by atoms with Gasteiger partial charge >= 0.3 is 0 Å². The summed E-state index contributed by atoms with van der Waals surface area (Å²) in [7, 11) is 0. The van der Waals surface area contributed by atoms with Crippen LogP contribution in [0.2, 0.25) is 5.02 Å². The Kier molecular flexibility index (Phi) is 4.32. The highest BCUT2D eigenvalue weighted by molar-refractivity contribution is 6.32. The first-order chi connectivity index (χ1) is 10.2. The Morgan fingerprint density at radius 2 is 1.76 bits per heavy atom. The van der Waals surface area contributed by atoms with E-state index in [-0.39, 0.29) is 5.54 Å². The van der Waals surface area contributed by atoms with Crippen LogP contribution >= 0.6 is 11.6 Å². The van der Waals surface area contributed by atoms with E-state index in [1.807, 2.05) is 6.07 Å². The van der Waals surface area contributed by atoms with Crippen molar-refractivity contribution in [2.24, 2.45) is 5.73 Å². The molecule has 3 rings (SSSR count). The molecule has 2 aliphatic rings. The molecule has 0 aromatic heterocycles. The Balaban J connectivity index is 2.12. The largest absolute Gasteiger partial charge is 0.489 e. The molecule has 21 heavy (non-hydrogen) atoms. The number of benzene rings is 1. The maximum atomic E-state index is 6.74. The van der Waals surface area contributed by atoms with Crippen LogP contribution in [0.1, 0.15) is 56.6 Å². The third-order valence-electron chi connectivity index (χ3n) is 4.71. The predicted octanol–water partition coefficient (Wildman–Crippen LogP) is 4.18. The molecule has 0 radical (unpaired) electrons. The smallest absolute Gasteiger partial charge is 0.180 e. The summed E-state index contributed by atoms with van der Waals surface area (Å²) >= 11 is 6.47. The van der Waals surface area contributed by atoms with Gasteiger partial charge in [0.15, 0.2) is 11.5 Å². The highest BCUT2D eigenvalue weighted by atomic mass is 35.5. The second-order valence-corrected chi connectivity index (χ2v) is 6.57. The average Bonchev–Trinajstić information content (AvgIpc) is 2.74. The number of hydrogen-bond donors (Lipinski definition) is 1. The molecule has 0 spiro atoms. The van der Waals surface area contributed by atoms with Gasteiger partial charge in [0, 0.05) is 17.5 Å². The minimum absolute atomic E-state index is 0.266. The Morgan fingerprint density at radius 1 is 1.10 bits per heavy atom. The van der Waals surface area contributed by atoms with E-state index in [1.165, 1.54) is 30.4 Å². The van der Waals surface area contributed by atoms with Crippen LogP contribution in [0.15, 0.2) is 6.07 Å². The molecule has 2 N–H and O–H groups in total. The molecule has 0 atom stereocenters. The normalized spacial score (nSPS) is 20.9. The van der Waals surface area contributed by atoms with Crippen LogP contribution in [-0.4, -0.2) is 13.2 Å². The van der Waals surface area contributed by atoms with E-state index in [4.69, 9.17) is 26.8 Å². The minimum atomic E-state index is -0.266. The average molecular weight is 310 g/mol. The Bertz CT molecular complexity index is 524. The standard InChI is InChI=1S/C17H24ClNO2/c1-2-12-13(17(19)7-4-3-5-8-17)11-14(18)16-15(12)20-9-6-10-21-16/h11H,2-10,19H2,1H3. The van der Waals surface area contributed by atoms with Crippen molar-refractivity contribution in [2.45, 2.75) is 57.4 Å². The molecule has 1 heterocycles. The van der Waals surface area contributed by atoms with Crippen molar-refractivity contribution in [3.05, 3.63) is 22.2 Å². The first kappa shape index (κ1) is 15.0. The Labute approximate surface area is 131 Å². The lowest BCUT2D eigenvalue weighted by molar-refractivity contribution is 0.291. The van der Waals surface area contributed by atoms with Crippen molar-refractivity contribution in [1.29, 1.82) is 0 Å². The lowest BCUT2D eigenvalue weighted by atomic mass is 9.75. The predicted molar refractivity (Wildman–Crippen MR) is 85.4 cm³/mol. The van der Waals surface area contributed by atoms with Crippen LogP contribution in [-0.2, 0) is 12.0 Å². The number of halogens is 1. The summed E-state index contributed by atoms with van der Waals surface area (Å²) in [5.74, 6) is 1.53. The van der Waals surface area contributed by atoms with Gasteiger partial charge in [0.05, 0.1) is 18.2 Å². The molecular weight excluding hydrogens is 286 g/mol. The van der Waals surface area contributed by atoms with Crippen molar-refractivity contribution in [3.63, 3.8) is 0 Å². The zero-order chi connectivity index (χ0) is 14.9. The first-order valence-corrected chi connectivity index (χ1v) is 8.44. The number of fused-ring (bicyclic) bond motifs is 1. The quantitative estimate of drug-likeness (QED) is 0.891. The molecular formula is C17H24ClNO2. The topological polar surface area (TPSA) is 44.5 Å². The lowest BCUT2D eigenvalue weighted by Crippen LogP contribution is -2.39. The van der Waals surface area contributed by atoms with E-state index in [0.717, 1.165) is 31.4 Å². The third-order valence-corrected chi connectivity index (χ3v) is 4.99. The van der Waals surface area contributed by atoms with Crippen LogP contribution < -0.4 is 15.2 Å². The van der Waals surface area contributed by atoms with Gasteiger partial charge < -0.3 is 15.2 Å². The summed E-state index contributed by atoms with van der Waals surface area (Å²) in [6.07, 6.45) is 7.47. The zero-order valence-electron chi connectivity index (χ0n) is 12.7. The van der Waals surface area contributed by atoms with Gasteiger partial charge in [0.2, 0.25) is 0 Å². The number of rotatable bonds is 2. The first-order valence-electron chi connectivity index (χ1n) is 8.06. The molecule has 1 aliphatic heterocycles. The summed E-state index contributed by atoms with van der Waals surface area (Å²) in [5, 5.41) is 0.634. The molecule has 1 aromatic rings. The molecule has 0 bridgehead atoms. The molecule has 1 fully saturated rings. The van der Waals surface area contributed by atoms with E-state index in [0.29, 0.717) is 24.0 Å². The Morgan fingerprint density at radius 3 is 2.43 bits per heavy atom. The van der Waals surface area contributed by atoms with E-state index in [9.17, 15) is 0 Å². The van der Waals surface area contributed by atoms with Gasteiger partial charge in [-0.05, 0) is 30.9 Å². The molecule has 0 saturated heterocycles. The second kappa shape index (κ2) is 6.05. The molecule has 4 heteroatoms. The van der Waals surface area contributed by atoms with Gasteiger partial charge in [-0.25, -0.2) is 0 Å². The Hall–Kier alpha value is -0.930. The van der Waals surface area contributed by atoms with Crippen molar-refractivity contribution in [3.8, 4) is 11.5 Å². The fourth-order valence-electron chi connectivity index (χ4n) is 3.59. The number of nitrogens with two attached hydrogens (primary N) is 1. The highest BCUT2D eigenvalue weighted by Crippen LogP contribution is 2.47. The van der Waals surface area contributed by atoms with Gasteiger partial charge in [-0.1, -0.05) is 37.8 Å². The lowest BCUT2D eigenvalue weighted by Gasteiger charge is -2.36. The fraction of sp³-hybridized carbons (Fsp3) is 0.647. The fourth-order valence-corrected chi connectivity index (χ4v) is 3.84. The number of hydrogen-bond acceptors (Lipinski definition) is 3. The molecule has 1 aliphatic carbocycles. The second-order valence-electron chi connectivity index (χ2n) is 6.16. The van der Waals surface area contributed by atoms with Crippen LogP contribution in [0, 0.1) is 0 Å². The van der Waals surface area contributed by atoms with Gasteiger partial charge in [0.25, 0.3) is 0 Å². The highest BCUT2D eigenvalue weighted by Gasteiger charge is 2.34. The van der Waals surface area contributed by atoms with E-state index >= 15 is 0 Å². The molecule has 0 unspecified atom stereocenters. The van der Waals surface area contributed by atoms with E-state index < -0.39 is 0 Å². The van der Waals surface area contributed by atoms with Crippen molar-refractivity contribution < 1.29 is 9.47 Å². The SMILES string of the molecule is CCc1c(C2(N)CCCCC2)cc(Cl)c2c1OCCCO2. The van der Waals surface area contributed by atoms with E-state index in [2.05, 4.69) is 6.92 Å². The van der Waals surface area contributed by atoms with Crippen molar-refractivity contribution >= 4 is 11.6 Å². The molecule has 0 amide bonds. The summed E-state index contributed by atoms with van der Waals surface area (Å²) in [6.45, 7) is 3.48. The van der Waals surface area contributed by atoms with E-state index in [1.54, 1.807) is 0 Å². The number of ether oxygens (including phenoxy) is 2. The molecule has 116 valence electrons.